The van der Waals surface area contributed by atoms with Crippen molar-refractivity contribution in [2.24, 2.45) is 0 Å². The molecule has 0 aromatic carbocycles. The maximum atomic E-state index is 9.91. The summed E-state index contributed by atoms with van der Waals surface area (Å²) in [6.45, 7) is 3.85. The minimum absolute atomic E-state index is 0.131. The van der Waals surface area contributed by atoms with Gasteiger partial charge in [0.25, 0.3) is 0 Å². The Morgan fingerprint density at radius 3 is 2.82 bits per heavy atom. The smallest absolute Gasteiger partial charge is 0.220 e. The van der Waals surface area contributed by atoms with Crippen molar-refractivity contribution in [3.8, 4) is 0 Å². The van der Waals surface area contributed by atoms with E-state index in [1.54, 1.807) is 0 Å². The molecule has 0 heterocycles. The highest BCUT2D eigenvalue weighted by Gasteiger charge is 2.00. The summed E-state index contributed by atoms with van der Waals surface area (Å²) in [6, 6.07) is 0. The molecule has 0 radical (unpaired) electrons. The lowest BCUT2D eigenvalue weighted by molar-refractivity contribution is -0.107. The molecule has 0 fully saturated rings. The van der Waals surface area contributed by atoms with E-state index in [4.69, 9.17) is 17.0 Å². The largest absolute Gasteiger partial charge is 0.476 e. The third-order valence-electron chi connectivity index (χ3n) is 0.788. The second-order valence-corrected chi connectivity index (χ2v) is 3.92. The van der Waals surface area contributed by atoms with E-state index in [1.165, 1.54) is 11.8 Å². The van der Waals surface area contributed by atoms with E-state index in [0.717, 1.165) is 12.0 Å². The van der Waals surface area contributed by atoms with Gasteiger partial charge in [0.05, 0.1) is 6.10 Å². The molecular formula is C7H12O2S2. The molecule has 0 N–H and O–H groups in total. The minimum atomic E-state index is 0.131. The van der Waals surface area contributed by atoms with Crippen LogP contribution in [0, 0.1) is 0 Å². The molecule has 0 aliphatic heterocycles. The number of thiocarbonyl (C=S) groups is 1. The van der Waals surface area contributed by atoms with Gasteiger partial charge >= 0.3 is 0 Å². The Kier molecular flexibility index (Phi) is 6.56. The minimum Gasteiger partial charge on any atom is -0.476 e. The van der Waals surface area contributed by atoms with Gasteiger partial charge in [-0.15, -0.1) is 0 Å². The van der Waals surface area contributed by atoms with E-state index in [-0.39, 0.29) is 6.10 Å². The van der Waals surface area contributed by atoms with Gasteiger partial charge in [0, 0.05) is 12.2 Å². The number of aldehydes is 1. The molecule has 0 aliphatic carbocycles. The maximum absolute atomic E-state index is 9.91. The molecule has 0 unspecified atom stereocenters. The van der Waals surface area contributed by atoms with E-state index in [0.29, 0.717) is 10.8 Å². The van der Waals surface area contributed by atoms with Crippen molar-refractivity contribution in [3.05, 3.63) is 0 Å². The third kappa shape index (κ3) is 7.81. The van der Waals surface area contributed by atoms with Crippen LogP contribution < -0.4 is 0 Å². The molecule has 0 spiro atoms. The molecule has 0 aromatic heterocycles. The number of hydrogen-bond acceptors (Lipinski definition) is 4. The van der Waals surface area contributed by atoms with Crippen molar-refractivity contribution in [2.75, 3.05) is 5.75 Å². The van der Waals surface area contributed by atoms with E-state index in [1.807, 2.05) is 13.8 Å². The van der Waals surface area contributed by atoms with Crippen molar-refractivity contribution in [1.29, 1.82) is 0 Å². The van der Waals surface area contributed by atoms with Crippen LogP contribution in [0.5, 0.6) is 0 Å². The number of carbonyl (C=O) groups is 1. The van der Waals surface area contributed by atoms with Crippen molar-refractivity contribution in [1.82, 2.24) is 0 Å². The highest BCUT2D eigenvalue weighted by atomic mass is 32.2. The molecule has 0 amide bonds. The Morgan fingerprint density at radius 2 is 2.36 bits per heavy atom. The van der Waals surface area contributed by atoms with E-state index in [9.17, 15) is 4.79 Å². The average molecular weight is 192 g/mol. The molecule has 4 heteroatoms. The number of carbonyl (C=O) groups excluding carboxylic acids is 1. The average Bonchev–Trinajstić information content (AvgIpc) is 1.86. The lowest BCUT2D eigenvalue weighted by Gasteiger charge is -2.08. The van der Waals surface area contributed by atoms with Crippen LogP contribution >= 0.6 is 24.0 Å². The topological polar surface area (TPSA) is 26.3 Å². The first-order valence-corrected chi connectivity index (χ1v) is 4.83. The second kappa shape index (κ2) is 6.61. The Labute approximate surface area is 76.7 Å². The fraction of sp³-hybridized carbons (Fsp3) is 0.714. The van der Waals surface area contributed by atoms with E-state index >= 15 is 0 Å². The summed E-state index contributed by atoms with van der Waals surface area (Å²) in [7, 11) is 0. The fourth-order valence-corrected chi connectivity index (χ4v) is 1.50. The monoisotopic (exact) mass is 192 g/mol. The van der Waals surface area contributed by atoms with Crippen LogP contribution in [-0.2, 0) is 9.53 Å². The van der Waals surface area contributed by atoms with Crippen LogP contribution in [0.25, 0.3) is 0 Å². The van der Waals surface area contributed by atoms with Crippen LogP contribution in [0.3, 0.4) is 0 Å². The molecule has 0 rings (SSSR count). The van der Waals surface area contributed by atoms with Crippen molar-refractivity contribution < 1.29 is 9.53 Å². The van der Waals surface area contributed by atoms with Crippen molar-refractivity contribution in [2.45, 2.75) is 26.4 Å². The van der Waals surface area contributed by atoms with Crippen LogP contribution in [-0.4, -0.2) is 22.5 Å². The lowest BCUT2D eigenvalue weighted by atomic mass is 10.5. The number of ether oxygens (including phenoxy) is 1. The van der Waals surface area contributed by atoms with Gasteiger partial charge in [-0.2, -0.15) is 0 Å². The maximum Gasteiger partial charge on any atom is 0.220 e. The summed E-state index contributed by atoms with van der Waals surface area (Å²) in [5, 5.41) is 0. The Balaban J connectivity index is 3.30. The fourth-order valence-electron chi connectivity index (χ4n) is 0.417. The Hall–Kier alpha value is -0.0900. The van der Waals surface area contributed by atoms with Gasteiger partial charge < -0.3 is 9.53 Å². The summed E-state index contributed by atoms with van der Waals surface area (Å²) in [6.07, 6.45) is 1.54. The summed E-state index contributed by atoms with van der Waals surface area (Å²) in [5.74, 6) is 0.717. The van der Waals surface area contributed by atoms with Crippen molar-refractivity contribution in [3.63, 3.8) is 0 Å². The zero-order valence-electron chi connectivity index (χ0n) is 6.70. The normalized spacial score (nSPS) is 9.73. The predicted octanol–water partition coefficient (Wildman–Crippen LogP) is 2.02. The first kappa shape index (κ1) is 10.9. The molecule has 0 saturated carbocycles. The Morgan fingerprint density at radius 1 is 1.73 bits per heavy atom. The van der Waals surface area contributed by atoms with Crippen molar-refractivity contribution >= 4 is 34.6 Å². The molecule has 0 aliphatic rings. The highest BCUT2D eigenvalue weighted by Crippen LogP contribution is 2.08. The molecule has 0 atom stereocenters. The predicted molar refractivity (Wildman–Crippen MR) is 52.0 cm³/mol. The van der Waals surface area contributed by atoms with Gasteiger partial charge in [-0.1, -0.05) is 11.8 Å². The zero-order valence-corrected chi connectivity index (χ0v) is 8.33. The lowest BCUT2D eigenvalue weighted by Crippen LogP contribution is -2.06. The summed E-state index contributed by atoms with van der Waals surface area (Å²) in [4.78, 5) is 9.91. The highest BCUT2D eigenvalue weighted by molar-refractivity contribution is 8.22. The van der Waals surface area contributed by atoms with Crippen LogP contribution in [0.2, 0.25) is 0 Å². The Bertz CT molecular complexity index is 134. The van der Waals surface area contributed by atoms with E-state index < -0.39 is 0 Å². The van der Waals surface area contributed by atoms with Gasteiger partial charge in [0.2, 0.25) is 4.38 Å². The number of thioether (sulfide) groups is 1. The third-order valence-corrected chi connectivity index (χ3v) is 2.01. The molecule has 0 saturated heterocycles. The van der Waals surface area contributed by atoms with Gasteiger partial charge in [-0.3, -0.25) is 0 Å². The van der Waals surface area contributed by atoms with Gasteiger partial charge in [-0.25, -0.2) is 0 Å². The zero-order chi connectivity index (χ0) is 8.69. The quantitative estimate of drug-likeness (QED) is 0.387. The first-order chi connectivity index (χ1) is 5.16. The molecule has 2 nitrogen and oxygen atoms in total. The van der Waals surface area contributed by atoms with E-state index in [2.05, 4.69) is 0 Å². The first-order valence-electron chi connectivity index (χ1n) is 3.44. The van der Waals surface area contributed by atoms with Crippen LogP contribution in [0.15, 0.2) is 0 Å². The van der Waals surface area contributed by atoms with Crippen LogP contribution in [0.1, 0.15) is 20.3 Å². The molecule has 0 bridgehead atoms. The van der Waals surface area contributed by atoms with Gasteiger partial charge in [-0.05, 0) is 26.1 Å². The molecule has 0 aromatic rings. The summed E-state index contributed by atoms with van der Waals surface area (Å²) >= 11 is 6.28. The number of hydrogen-bond donors (Lipinski definition) is 0. The number of rotatable bonds is 4. The molecule has 64 valence electrons. The standard InChI is InChI=1S/C7H12O2S2/c1-6(2)9-7(10)11-5-3-4-8/h4,6H,3,5H2,1-2H3. The second-order valence-electron chi connectivity index (χ2n) is 2.22. The van der Waals surface area contributed by atoms with Gasteiger partial charge in [0.1, 0.15) is 6.29 Å². The molecule has 11 heavy (non-hydrogen) atoms. The summed E-state index contributed by atoms with van der Waals surface area (Å²) < 4.78 is 5.70. The summed E-state index contributed by atoms with van der Waals surface area (Å²) in [5.41, 5.74) is 0. The molecular weight excluding hydrogens is 180 g/mol. The SMILES string of the molecule is CC(C)OC(=S)SCCC=O. The van der Waals surface area contributed by atoms with Crippen LogP contribution in [0.4, 0.5) is 0 Å². The van der Waals surface area contributed by atoms with Gasteiger partial charge in [0.15, 0.2) is 0 Å².